The molecule has 0 aliphatic heterocycles. The zero-order valence-electron chi connectivity index (χ0n) is 9.62. The van der Waals surface area contributed by atoms with E-state index in [1.165, 1.54) is 11.1 Å². The summed E-state index contributed by atoms with van der Waals surface area (Å²) in [6.45, 7) is 4.17. The van der Waals surface area contributed by atoms with Gasteiger partial charge in [0.15, 0.2) is 0 Å². The van der Waals surface area contributed by atoms with Gasteiger partial charge >= 0.3 is 0 Å². The lowest BCUT2D eigenvalue weighted by Gasteiger charge is -2.09. The van der Waals surface area contributed by atoms with E-state index < -0.39 is 0 Å². The third kappa shape index (κ3) is 2.01. The number of rotatable bonds is 1. The SMILES string of the molecule is Cc1cc(C)cc(-c2ccc(N)cc2N)c1. The first kappa shape index (κ1) is 10.6. The van der Waals surface area contributed by atoms with Crippen LogP contribution in [0.5, 0.6) is 0 Å². The number of hydrogen-bond acceptors (Lipinski definition) is 2. The predicted molar refractivity (Wildman–Crippen MR) is 70.2 cm³/mol. The van der Waals surface area contributed by atoms with E-state index in [-0.39, 0.29) is 0 Å². The fourth-order valence-corrected chi connectivity index (χ4v) is 1.97. The van der Waals surface area contributed by atoms with Crippen LogP contribution in [0.25, 0.3) is 11.1 Å². The Balaban J connectivity index is 2.58. The average molecular weight is 212 g/mol. The summed E-state index contributed by atoms with van der Waals surface area (Å²) in [6.07, 6.45) is 0. The van der Waals surface area contributed by atoms with Crippen molar-refractivity contribution in [3.05, 3.63) is 47.5 Å². The van der Waals surface area contributed by atoms with Crippen molar-refractivity contribution in [3.8, 4) is 11.1 Å². The Morgan fingerprint density at radius 3 is 2.00 bits per heavy atom. The number of nitrogens with two attached hydrogens (primary N) is 2. The molecule has 0 bridgehead atoms. The van der Waals surface area contributed by atoms with Gasteiger partial charge in [0.2, 0.25) is 0 Å². The van der Waals surface area contributed by atoms with Gasteiger partial charge in [-0.1, -0.05) is 35.4 Å². The Morgan fingerprint density at radius 2 is 1.44 bits per heavy atom. The predicted octanol–water partition coefficient (Wildman–Crippen LogP) is 3.13. The molecule has 2 rings (SSSR count). The smallest absolute Gasteiger partial charge is 0.0414 e. The Labute approximate surface area is 95.9 Å². The van der Waals surface area contributed by atoms with E-state index in [1.54, 1.807) is 6.07 Å². The van der Waals surface area contributed by atoms with E-state index in [0.29, 0.717) is 5.69 Å². The van der Waals surface area contributed by atoms with Crippen LogP contribution < -0.4 is 11.5 Å². The highest BCUT2D eigenvalue weighted by atomic mass is 14.6. The molecule has 4 N–H and O–H groups in total. The largest absolute Gasteiger partial charge is 0.399 e. The lowest BCUT2D eigenvalue weighted by molar-refractivity contribution is 1.38. The maximum atomic E-state index is 5.97. The van der Waals surface area contributed by atoms with Crippen LogP contribution in [0.4, 0.5) is 11.4 Å². The van der Waals surface area contributed by atoms with Gasteiger partial charge in [-0.15, -0.1) is 0 Å². The van der Waals surface area contributed by atoms with E-state index >= 15 is 0 Å². The molecular formula is C14H16N2. The van der Waals surface area contributed by atoms with Crippen molar-refractivity contribution in [2.24, 2.45) is 0 Å². The summed E-state index contributed by atoms with van der Waals surface area (Å²) >= 11 is 0. The summed E-state index contributed by atoms with van der Waals surface area (Å²) in [6, 6.07) is 12.1. The molecule has 0 aromatic heterocycles. The van der Waals surface area contributed by atoms with Gasteiger partial charge in [-0.25, -0.2) is 0 Å². The van der Waals surface area contributed by atoms with Gasteiger partial charge in [0.05, 0.1) is 0 Å². The second-order valence-electron chi connectivity index (χ2n) is 4.22. The summed E-state index contributed by atoms with van der Waals surface area (Å²) in [5.74, 6) is 0. The van der Waals surface area contributed by atoms with Crippen LogP contribution in [0.3, 0.4) is 0 Å². The topological polar surface area (TPSA) is 52.0 Å². The Bertz CT molecular complexity index is 510. The minimum Gasteiger partial charge on any atom is -0.399 e. The zero-order chi connectivity index (χ0) is 11.7. The van der Waals surface area contributed by atoms with Gasteiger partial charge in [-0.05, 0) is 31.5 Å². The Kier molecular flexibility index (Phi) is 2.57. The molecule has 2 aromatic rings. The molecule has 0 spiro atoms. The lowest BCUT2D eigenvalue weighted by atomic mass is 9.99. The van der Waals surface area contributed by atoms with E-state index in [1.807, 2.05) is 12.1 Å². The second kappa shape index (κ2) is 3.89. The van der Waals surface area contributed by atoms with Crippen LogP contribution in [-0.4, -0.2) is 0 Å². The van der Waals surface area contributed by atoms with Gasteiger partial charge in [-0.3, -0.25) is 0 Å². The third-order valence-electron chi connectivity index (χ3n) is 2.61. The maximum absolute atomic E-state index is 5.97. The van der Waals surface area contributed by atoms with Crippen molar-refractivity contribution in [1.82, 2.24) is 0 Å². The summed E-state index contributed by atoms with van der Waals surface area (Å²) in [5, 5.41) is 0. The minimum atomic E-state index is 0.700. The van der Waals surface area contributed by atoms with Crippen LogP contribution in [-0.2, 0) is 0 Å². The quantitative estimate of drug-likeness (QED) is 0.713. The van der Waals surface area contributed by atoms with Crippen LogP contribution in [0.1, 0.15) is 11.1 Å². The molecule has 2 nitrogen and oxygen atoms in total. The van der Waals surface area contributed by atoms with Gasteiger partial charge in [0.25, 0.3) is 0 Å². The second-order valence-corrected chi connectivity index (χ2v) is 4.22. The molecule has 0 saturated heterocycles. The standard InChI is InChI=1S/C14H16N2/c1-9-5-10(2)7-11(6-9)13-4-3-12(15)8-14(13)16/h3-8H,15-16H2,1-2H3. The Morgan fingerprint density at radius 1 is 0.812 bits per heavy atom. The number of aryl methyl sites for hydroxylation is 2. The van der Waals surface area contributed by atoms with Gasteiger partial charge in [0.1, 0.15) is 0 Å². The first-order valence-electron chi connectivity index (χ1n) is 5.30. The normalized spacial score (nSPS) is 10.4. The third-order valence-corrected chi connectivity index (χ3v) is 2.61. The van der Waals surface area contributed by atoms with Crippen molar-refractivity contribution in [1.29, 1.82) is 0 Å². The maximum Gasteiger partial charge on any atom is 0.0414 e. The van der Waals surface area contributed by atoms with Crippen LogP contribution in [0.15, 0.2) is 36.4 Å². The Hall–Kier alpha value is -1.96. The molecule has 0 radical (unpaired) electrons. The molecule has 16 heavy (non-hydrogen) atoms. The summed E-state index contributed by atoms with van der Waals surface area (Å²) in [4.78, 5) is 0. The highest BCUT2D eigenvalue weighted by molar-refractivity contribution is 5.79. The fourth-order valence-electron chi connectivity index (χ4n) is 1.97. The van der Waals surface area contributed by atoms with Crippen molar-refractivity contribution >= 4 is 11.4 Å². The molecule has 82 valence electrons. The van der Waals surface area contributed by atoms with Gasteiger partial charge in [0, 0.05) is 16.9 Å². The number of hydrogen-bond donors (Lipinski definition) is 2. The fraction of sp³-hybridized carbons (Fsp3) is 0.143. The van der Waals surface area contributed by atoms with Crippen LogP contribution in [0, 0.1) is 13.8 Å². The van der Waals surface area contributed by atoms with E-state index in [9.17, 15) is 0 Å². The molecule has 0 heterocycles. The summed E-state index contributed by atoms with van der Waals surface area (Å²) < 4.78 is 0. The molecule has 0 aliphatic rings. The van der Waals surface area contributed by atoms with Crippen molar-refractivity contribution in [2.75, 3.05) is 11.5 Å². The van der Waals surface area contributed by atoms with Crippen LogP contribution in [0.2, 0.25) is 0 Å². The number of nitrogen functional groups attached to an aromatic ring is 2. The highest BCUT2D eigenvalue weighted by Gasteiger charge is 2.03. The molecule has 0 unspecified atom stereocenters. The number of anilines is 2. The van der Waals surface area contributed by atoms with E-state index in [4.69, 9.17) is 11.5 Å². The minimum absolute atomic E-state index is 0.700. The van der Waals surface area contributed by atoms with E-state index in [2.05, 4.69) is 32.0 Å². The molecule has 0 saturated carbocycles. The molecule has 0 amide bonds. The molecule has 0 fully saturated rings. The zero-order valence-corrected chi connectivity index (χ0v) is 9.62. The van der Waals surface area contributed by atoms with E-state index in [0.717, 1.165) is 16.8 Å². The van der Waals surface area contributed by atoms with Crippen molar-refractivity contribution < 1.29 is 0 Å². The lowest BCUT2D eigenvalue weighted by Crippen LogP contribution is -1.93. The highest BCUT2D eigenvalue weighted by Crippen LogP contribution is 2.28. The summed E-state index contributed by atoms with van der Waals surface area (Å²) in [5.41, 5.74) is 17.8. The first-order chi connectivity index (χ1) is 7.56. The number of benzene rings is 2. The molecule has 0 aliphatic carbocycles. The monoisotopic (exact) mass is 212 g/mol. The average Bonchev–Trinajstić information content (AvgIpc) is 2.15. The van der Waals surface area contributed by atoms with Crippen LogP contribution >= 0.6 is 0 Å². The molecule has 0 atom stereocenters. The molecular weight excluding hydrogens is 196 g/mol. The molecule has 2 heteroatoms. The van der Waals surface area contributed by atoms with Crippen molar-refractivity contribution in [3.63, 3.8) is 0 Å². The van der Waals surface area contributed by atoms with Gasteiger partial charge in [-0.2, -0.15) is 0 Å². The molecule has 2 aromatic carbocycles. The summed E-state index contributed by atoms with van der Waals surface area (Å²) in [7, 11) is 0. The van der Waals surface area contributed by atoms with Crippen molar-refractivity contribution in [2.45, 2.75) is 13.8 Å². The van der Waals surface area contributed by atoms with Gasteiger partial charge < -0.3 is 11.5 Å². The first-order valence-corrected chi connectivity index (χ1v) is 5.30.